The van der Waals surface area contributed by atoms with Crippen LogP contribution < -0.4 is 0 Å². The molecule has 0 unspecified atom stereocenters. The number of imidazole rings is 1. The third kappa shape index (κ3) is 4.24. The lowest BCUT2D eigenvalue weighted by Crippen LogP contribution is -2.39. The molecule has 0 saturated heterocycles. The molecule has 2 aromatic carbocycles. The highest BCUT2D eigenvalue weighted by Gasteiger charge is 2.42. The van der Waals surface area contributed by atoms with Crippen LogP contribution in [0.5, 0.6) is 0 Å². The monoisotopic (exact) mass is 481 g/mol. The number of hydrogen-bond donors (Lipinski definition) is 0. The van der Waals surface area contributed by atoms with Gasteiger partial charge in [0.05, 0.1) is 10.7 Å². The standard InChI is InChI=1S/C23H20Cl2F3N3O/c1-22(2)11-12-30(13-23(26,27)28)21(32)18-19(22)31(15-9-7-14(24)8-10-15)20(29-18)16-5-3-4-6-17(16)25/h3-10H,11-13H2,1-2H3. The van der Waals surface area contributed by atoms with E-state index in [-0.39, 0.29) is 12.2 Å². The van der Waals surface area contributed by atoms with E-state index in [0.29, 0.717) is 39.2 Å². The number of fused-ring (bicyclic) bond motifs is 1. The van der Waals surface area contributed by atoms with Gasteiger partial charge in [0.2, 0.25) is 0 Å². The summed E-state index contributed by atoms with van der Waals surface area (Å²) >= 11 is 12.5. The van der Waals surface area contributed by atoms with Crippen LogP contribution in [-0.2, 0) is 5.41 Å². The first-order chi connectivity index (χ1) is 15.0. The molecule has 32 heavy (non-hydrogen) atoms. The fourth-order valence-corrected chi connectivity index (χ4v) is 4.36. The summed E-state index contributed by atoms with van der Waals surface area (Å²) < 4.78 is 41.3. The van der Waals surface area contributed by atoms with Gasteiger partial charge in [-0.2, -0.15) is 13.2 Å². The van der Waals surface area contributed by atoms with Crippen LogP contribution in [0.4, 0.5) is 13.2 Å². The van der Waals surface area contributed by atoms with Crippen molar-refractivity contribution in [1.82, 2.24) is 14.5 Å². The summed E-state index contributed by atoms with van der Waals surface area (Å²) in [4.78, 5) is 18.7. The summed E-state index contributed by atoms with van der Waals surface area (Å²) in [5.41, 5.74) is 1.16. The van der Waals surface area contributed by atoms with E-state index >= 15 is 0 Å². The smallest absolute Gasteiger partial charge is 0.328 e. The van der Waals surface area contributed by atoms with Crippen molar-refractivity contribution in [2.45, 2.75) is 31.9 Å². The Morgan fingerprint density at radius 3 is 2.34 bits per heavy atom. The maximum atomic E-state index is 13.3. The van der Waals surface area contributed by atoms with Crippen LogP contribution >= 0.6 is 23.2 Å². The second kappa shape index (κ2) is 8.12. The molecule has 2 heterocycles. The second-order valence-corrected chi connectivity index (χ2v) is 9.24. The maximum Gasteiger partial charge on any atom is 0.406 e. The second-order valence-electron chi connectivity index (χ2n) is 8.40. The van der Waals surface area contributed by atoms with E-state index in [1.54, 1.807) is 48.5 Å². The van der Waals surface area contributed by atoms with Gasteiger partial charge in [-0.3, -0.25) is 9.36 Å². The van der Waals surface area contributed by atoms with Gasteiger partial charge in [0.15, 0.2) is 5.69 Å². The van der Waals surface area contributed by atoms with Gasteiger partial charge in [0, 0.05) is 28.2 Å². The van der Waals surface area contributed by atoms with Gasteiger partial charge < -0.3 is 4.90 Å². The number of hydrogen-bond acceptors (Lipinski definition) is 2. The van der Waals surface area contributed by atoms with E-state index in [1.807, 2.05) is 18.4 Å². The number of carbonyl (C=O) groups is 1. The summed E-state index contributed by atoms with van der Waals surface area (Å²) in [7, 11) is 0. The third-order valence-corrected chi connectivity index (χ3v) is 6.17. The highest BCUT2D eigenvalue weighted by molar-refractivity contribution is 6.33. The largest absolute Gasteiger partial charge is 0.406 e. The van der Waals surface area contributed by atoms with Crippen LogP contribution in [0.25, 0.3) is 17.1 Å². The normalized spacial score (nSPS) is 16.1. The first-order valence-electron chi connectivity index (χ1n) is 9.98. The van der Waals surface area contributed by atoms with Crippen molar-refractivity contribution in [3.8, 4) is 17.1 Å². The van der Waals surface area contributed by atoms with Gasteiger partial charge >= 0.3 is 6.18 Å². The fourth-order valence-electron chi connectivity index (χ4n) is 4.01. The molecule has 0 aliphatic carbocycles. The molecular formula is C23H20Cl2F3N3O. The molecule has 4 nitrogen and oxygen atoms in total. The van der Waals surface area contributed by atoms with Crippen LogP contribution in [-0.4, -0.2) is 39.6 Å². The molecule has 1 aliphatic rings. The molecule has 1 amide bonds. The number of carbonyl (C=O) groups excluding carboxylic acids is 1. The Hall–Kier alpha value is -2.51. The topological polar surface area (TPSA) is 38.1 Å². The van der Waals surface area contributed by atoms with Crippen molar-refractivity contribution in [2.75, 3.05) is 13.1 Å². The molecule has 1 aliphatic heterocycles. The summed E-state index contributed by atoms with van der Waals surface area (Å²) in [5.74, 6) is -0.359. The van der Waals surface area contributed by atoms with E-state index in [2.05, 4.69) is 4.98 Å². The number of aromatic nitrogens is 2. The van der Waals surface area contributed by atoms with E-state index in [9.17, 15) is 18.0 Å². The summed E-state index contributed by atoms with van der Waals surface area (Å²) in [6.45, 7) is 2.46. The molecule has 0 saturated carbocycles. The molecule has 0 atom stereocenters. The van der Waals surface area contributed by atoms with Crippen LogP contribution in [0.15, 0.2) is 48.5 Å². The van der Waals surface area contributed by atoms with E-state index < -0.39 is 24.0 Å². The molecule has 1 aromatic heterocycles. The Bertz CT molecular complexity index is 1170. The van der Waals surface area contributed by atoms with Crippen molar-refractivity contribution in [3.05, 3.63) is 70.0 Å². The lowest BCUT2D eigenvalue weighted by Gasteiger charge is -2.27. The van der Waals surface area contributed by atoms with Crippen molar-refractivity contribution >= 4 is 29.1 Å². The number of halogens is 5. The average molecular weight is 482 g/mol. The van der Waals surface area contributed by atoms with E-state index in [0.717, 1.165) is 4.90 Å². The predicted molar refractivity (Wildman–Crippen MR) is 119 cm³/mol. The summed E-state index contributed by atoms with van der Waals surface area (Å²) in [6, 6.07) is 14.0. The zero-order valence-corrected chi connectivity index (χ0v) is 18.9. The quantitative estimate of drug-likeness (QED) is 0.426. The molecule has 4 rings (SSSR count). The molecule has 0 fully saturated rings. The predicted octanol–water partition coefficient (Wildman–Crippen LogP) is 6.53. The molecule has 0 radical (unpaired) electrons. The highest BCUT2D eigenvalue weighted by Crippen LogP contribution is 2.40. The molecule has 168 valence electrons. The van der Waals surface area contributed by atoms with Crippen LogP contribution in [0.2, 0.25) is 10.0 Å². The number of alkyl halides is 3. The van der Waals surface area contributed by atoms with Crippen LogP contribution in [0, 0.1) is 0 Å². The molecular weight excluding hydrogens is 462 g/mol. The Morgan fingerprint density at radius 2 is 1.72 bits per heavy atom. The molecule has 0 spiro atoms. The molecule has 0 bridgehead atoms. The van der Waals surface area contributed by atoms with E-state index in [1.165, 1.54) is 0 Å². The van der Waals surface area contributed by atoms with Crippen molar-refractivity contribution < 1.29 is 18.0 Å². The molecule has 0 N–H and O–H groups in total. The lowest BCUT2D eigenvalue weighted by atomic mass is 9.84. The Morgan fingerprint density at radius 1 is 1.06 bits per heavy atom. The van der Waals surface area contributed by atoms with Gasteiger partial charge in [-0.1, -0.05) is 49.2 Å². The van der Waals surface area contributed by atoms with Crippen LogP contribution in [0.3, 0.4) is 0 Å². The lowest BCUT2D eigenvalue weighted by molar-refractivity contribution is -0.140. The minimum Gasteiger partial charge on any atom is -0.328 e. The minimum absolute atomic E-state index is 0.00150. The average Bonchev–Trinajstić information content (AvgIpc) is 3.08. The zero-order valence-electron chi connectivity index (χ0n) is 17.4. The zero-order chi connectivity index (χ0) is 23.3. The summed E-state index contributed by atoms with van der Waals surface area (Å²) in [6.07, 6.45) is -4.17. The highest BCUT2D eigenvalue weighted by atomic mass is 35.5. The molecule has 3 aromatic rings. The van der Waals surface area contributed by atoms with Gasteiger partial charge in [0.25, 0.3) is 5.91 Å². The van der Waals surface area contributed by atoms with Gasteiger partial charge in [-0.05, 0) is 42.8 Å². The SMILES string of the molecule is CC1(C)CCN(CC(F)(F)F)C(=O)c2nc(-c3ccccc3Cl)n(-c3ccc(Cl)cc3)c21. The van der Waals surface area contributed by atoms with Crippen LogP contribution in [0.1, 0.15) is 36.5 Å². The van der Waals surface area contributed by atoms with Crippen molar-refractivity contribution in [2.24, 2.45) is 0 Å². The van der Waals surface area contributed by atoms with Gasteiger partial charge in [0.1, 0.15) is 12.4 Å². The first kappa shape index (κ1) is 22.7. The Kier molecular flexibility index (Phi) is 5.75. The van der Waals surface area contributed by atoms with Gasteiger partial charge in [-0.15, -0.1) is 0 Å². The number of nitrogens with zero attached hydrogens (tertiary/aromatic N) is 3. The third-order valence-electron chi connectivity index (χ3n) is 5.58. The number of rotatable bonds is 3. The van der Waals surface area contributed by atoms with Gasteiger partial charge in [-0.25, -0.2) is 4.98 Å². The summed E-state index contributed by atoms with van der Waals surface area (Å²) in [5, 5.41) is 0.950. The minimum atomic E-state index is -4.51. The number of amides is 1. The van der Waals surface area contributed by atoms with Crippen molar-refractivity contribution in [1.29, 1.82) is 0 Å². The first-order valence-corrected chi connectivity index (χ1v) is 10.7. The maximum absolute atomic E-state index is 13.3. The number of benzene rings is 2. The molecule has 9 heteroatoms. The Balaban J connectivity index is 2.01. The van der Waals surface area contributed by atoms with E-state index in [4.69, 9.17) is 23.2 Å². The van der Waals surface area contributed by atoms with Crippen molar-refractivity contribution in [3.63, 3.8) is 0 Å². The fraction of sp³-hybridized carbons (Fsp3) is 0.304. The Labute approximate surface area is 193 Å².